The van der Waals surface area contributed by atoms with Crippen molar-refractivity contribution in [2.75, 3.05) is 6.61 Å². The Labute approximate surface area is 205 Å². The first kappa shape index (κ1) is 26.6. The van der Waals surface area contributed by atoms with Gasteiger partial charge in [0.25, 0.3) is 5.89 Å². The number of para-hydroxylation sites is 1. The van der Waals surface area contributed by atoms with Crippen LogP contribution in [0.2, 0.25) is 0 Å². The summed E-state index contributed by atoms with van der Waals surface area (Å²) in [6.07, 6.45) is -6.55. The van der Waals surface area contributed by atoms with E-state index in [2.05, 4.69) is 10.1 Å². The van der Waals surface area contributed by atoms with Gasteiger partial charge < -0.3 is 32.9 Å². The van der Waals surface area contributed by atoms with E-state index in [0.29, 0.717) is 11.4 Å². The molecule has 0 unspecified atom stereocenters. The third-order valence-corrected chi connectivity index (χ3v) is 4.84. The molecule has 0 radical (unpaired) electrons. The summed E-state index contributed by atoms with van der Waals surface area (Å²) in [6, 6.07) is 6.64. The van der Waals surface area contributed by atoms with E-state index in [1.807, 2.05) is 0 Å². The summed E-state index contributed by atoms with van der Waals surface area (Å²) in [5.41, 5.74) is 0.408. The summed E-state index contributed by atoms with van der Waals surface area (Å²) in [7, 11) is 0. The number of ether oxygens (including phenoxy) is 6. The fraction of sp³-hybridized carbons (Fsp3) is 0.478. The highest BCUT2D eigenvalue weighted by atomic mass is 16.7. The molecule has 0 bridgehead atoms. The molecule has 36 heavy (non-hydrogen) atoms. The van der Waals surface area contributed by atoms with Gasteiger partial charge in [-0.1, -0.05) is 17.3 Å². The molecule has 1 aliphatic rings. The number of aryl methyl sites for hydroxylation is 1. The first-order valence-corrected chi connectivity index (χ1v) is 10.9. The summed E-state index contributed by atoms with van der Waals surface area (Å²) in [6.45, 7) is 5.88. The zero-order valence-corrected chi connectivity index (χ0v) is 20.3. The maximum Gasteiger partial charge on any atom is 0.303 e. The van der Waals surface area contributed by atoms with Crippen molar-refractivity contribution in [2.45, 2.75) is 65.3 Å². The van der Waals surface area contributed by atoms with Gasteiger partial charge in [0, 0.05) is 27.7 Å². The number of hydrogen-bond acceptors (Lipinski definition) is 13. The molecule has 3 rings (SSSR count). The number of benzene rings is 1. The molecule has 0 aliphatic carbocycles. The van der Waals surface area contributed by atoms with E-state index in [-0.39, 0.29) is 18.2 Å². The Kier molecular flexibility index (Phi) is 8.59. The smallest absolute Gasteiger partial charge is 0.303 e. The lowest BCUT2D eigenvalue weighted by Crippen LogP contribution is -2.63. The largest absolute Gasteiger partial charge is 0.463 e. The van der Waals surface area contributed by atoms with E-state index in [9.17, 15) is 19.2 Å². The molecule has 0 spiro atoms. The molecule has 0 N–H and O–H groups in total. The monoisotopic (exact) mass is 506 g/mol. The van der Waals surface area contributed by atoms with Crippen LogP contribution in [0, 0.1) is 6.92 Å². The van der Waals surface area contributed by atoms with Gasteiger partial charge in [-0.15, -0.1) is 0 Å². The van der Waals surface area contributed by atoms with Crippen LogP contribution in [0.1, 0.15) is 33.5 Å². The number of hydrogen-bond donors (Lipinski definition) is 0. The van der Waals surface area contributed by atoms with Crippen LogP contribution in [-0.2, 0) is 42.9 Å². The molecule has 2 heterocycles. The Hall–Kier alpha value is -4.00. The van der Waals surface area contributed by atoms with E-state index >= 15 is 0 Å². The van der Waals surface area contributed by atoms with Gasteiger partial charge in [0.1, 0.15) is 18.5 Å². The van der Waals surface area contributed by atoms with Crippen molar-refractivity contribution in [3.05, 3.63) is 30.1 Å². The van der Waals surface area contributed by atoms with Gasteiger partial charge in [-0.3, -0.25) is 19.2 Å². The minimum absolute atomic E-state index is 0.161. The van der Waals surface area contributed by atoms with Gasteiger partial charge in [0.05, 0.1) is 5.56 Å². The molecular weight excluding hydrogens is 480 g/mol. The molecule has 2 aromatic rings. The standard InChI is InChI=1S/C23H26N2O11/c1-11-24-22(36-25-11)16-8-6-7-9-17(16)34-23-21(33-15(5)29)20(32-14(4)28)19(31-13(3)27)18(35-23)10-30-12(2)26/h6-9,18-21,23H,10H2,1-5H3/t18-,19-,20+,21-,23-/m1/s1. The van der Waals surface area contributed by atoms with Gasteiger partial charge in [0.2, 0.25) is 12.4 Å². The summed E-state index contributed by atoms with van der Waals surface area (Å²) in [5, 5.41) is 3.77. The van der Waals surface area contributed by atoms with E-state index in [1.165, 1.54) is 6.92 Å². The molecule has 0 saturated carbocycles. The molecule has 1 aromatic heterocycles. The van der Waals surface area contributed by atoms with Gasteiger partial charge in [0.15, 0.2) is 18.0 Å². The Bertz CT molecular complexity index is 1110. The summed E-state index contributed by atoms with van der Waals surface area (Å²) < 4.78 is 38.5. The summed E-state index contributed by atoms with van der Waals surface area (Å²) in [5.74, 6) is -2.08. The molecule has 0 amide bonds. The van der Waals surface area contributed by atoms with Gasteiger partial charge in [-0.2, -0.15) is 4.98 Å². The van der Waals surface area contributed by atoms with Crippen LogP contribution in [0.25, 0.3) is 11.5 Å². The minimum Gasteiger partial charge on any atom is -0.463 e. The summed E-state index contributed by atoms with van der Waals surface area (Å²) >= 11 is 0. The maximum atomic E-state index is 12.0. The van der Waals surface area contributed by atoms with Crippen molar-refractivity contribution < 1.29 is 52.1 Å². The lowest BCUT2D eigenvalue weighted by Gasteiger charge is -2.44. The van der Waals surface area contributed by atoms with Crippen LogP contribution in [0.3, 0.4) is 0 Å². The zero-order chi connectivity index (χ0) is 26.4. The van der Waals surface area contributed by atoms with Crippen LogP contribution in [0.15, 0.2) is 28.8 Å². The Morgan fingerprint density at radius 1 is 0.861 bits per heavy atom. The molecular formula is C23H26N2O11. The van der Waals surface area contributed by atoms with Crippen molar-refractivity contribution in [1.29, 1.82) is 0 Å². The van der Waals surface area contributed by atoms with Gasteiger partial charge >= 0.3 is 23.9 Å². The minimum atomic E-state index is -1.39. The van der Waals surface area contributed by atoms with Crippen molar-refractivity contribution in [3.8, 4) is 17.2 Å². The number of carbonyl (C=O) groups excluding carboxylic acids is 4. The predicted molar refractivity (Wildman–Crippen MR) is 117 cm³/mol. The second-order valence-corrected chi connectivity index (χ2v) is 7.83. The molecule has 1 aromatic carbocycles. The Balaban J connectivity index is 2.03. The first-order valence-electron chi connectivity index (χ1n) is 10.9. The van der Waals surface area contributed by atoms with Crippen LogP contribution in [0.4, 0.5) is 0 Å². The zero-order valence-electron chi connectivity index (χ0n) is 20.3. The maximum absolute atomic E-state index is 12.0. The number of esters is 4. The fourth-order valence-corrected chi connectivity index (χ4v) is 3.56. The number of nitrogens with zero attached hydrogens (tertiary/aromatic N) is 2. The highest BCUT2D eigenvalue weighted by Gasteiger charge is 2.53. The van der Waals surface area contributed by atoms with Gasteiger partial charge in [-0.25, -0.2) is 0 Å². The Morgan fingerprint density at radius 3 is 2.06 bits per heavy atom. The van der Waals surface area contributed by atoms with Crippen molar-refractivity contribution in [2.24, 2.45) is 0 Å². The normalized spacial score (nSPS) is 23.3. The average molecular weight is 506 g/mol. The molecule has 194 valence electrons. The van der Waals surface area contributed by atoms with E-state index in [4.69, 9.17) is 32.9 Å². The molecule has 1 aliphatic heterocycles. The van der Waals surface area contributed by atoms with Crippen molar-refractivity contribution in [3.63, 3.8) is 0 Å². The lowest BCUT2D eigenvalue weighted by atomic mass is 9.98. The number of carbonyl (C=O) groups is 4. The highest BCUT2D eigenvalue weighted by molar-refractivity contribution is 5.69. The predicted octanol–water partition coefficient (Wildman–Crippen LogP) is 1.51. The van der Waals surface area contributed by atoms with Crippen molar-refractivity contribution >= 4 is 23.9 Å². The average Bonchev–Trinajstić information content (AvgIpc) is 3.22. The van der Waals surface area contributed by atoms with E-state index in [0.717, 1.165) is 20.8 Å². The SMILES string of the molecule is CC(=O)OC[C@H]1O[C@@H](Oc2ccccc2-c2nc(C)no2)[C@H](OC(C)=O)[C@@H](OC(C)=O)[C@@H]1OC(C)=O. The molecule has 13 nitrogen and oxygen atoms in total. The van der Waals surface area contributed by atoms with Crippen LogP contribution in [-0.4, -0.2) is 71.3 Å². The van der Waals surface area contributed by atoms with E-state index in [1.54, 1.807) is 31.2 Å². The third-order valence-electron chi connectivity index (χ3n) is 4.84. The lowest BCUT2D eigenvalue weighted by molar-refractivity contribution is -0.288. The number of rotatable bonds is 8. The second-order valence-electron chi connectivity index (χ2n) is 7.83. The topological polar surface area (TPSA) is 163 Å². The molecule has 1 saturated heterocycles. The van der Waals surface area contributed by atoms with Crippen LogP contribution >= 0.6 is 0 Å². The molecule has 5 atom stereocenters. The van der Waals surface area contributed by atoms with Crippen LogP contribution in [0.5, 0.6) is 5.75 Å². The van der Waals surface area contributed by atoms with Crippen LogP contribution < -0.4 is 4.74 Å². The van der Waals surface area contributed by atoms with Gasteiger partial charge in [-0.05, 0) is 19.1 Å². The van der Waals surface area contributed by atoms with Crippen molar-refractivity contribution in [1.82, 2.24) is 10.1 Å². The molecule has 13 heteroatoms. The third kappa shape index (κ3) is 6.78. The van der Waals surface area contributed by atoms with E-state index < -0.39 is 54.6 Å². The molecule has 1 fully saturated rings. The summed E-state index contributed by atoms with van der Waals surface area (Å²) in [4.78, 5) is 51.4. The quantitative estimate of drug-likeness (QED) is 0.374. The highest BCUT2D eigenvalue weighted by Crippen LogP contribution is 2.34. The fourth-order valence-electron chi connectivity index (χ4n) is 3.56. The number of aromatic nitrogens is 2. The second kappa shape index (κ2) is 11.6. The first-order chi connectivity index (χ1) is 17.0. The Morgan fingerprint density at radius 2 is 1.47 bits per heavy atom.